The van der Waals surface area contributed by atoms with Crippen LogP contribution in [0.5, 0.6) is 0 Å². The molecule has 2 aromatic carbocycles. The number of anilines is 1. The second kappa shape index (κ2) is 11.8. The summed E-state index contributed by atoms with van der Waals surface area (Å²) < 4.78 is 31.6. The van der Waals surface area contributed by atoms with Crippen LogP contribution in [0.3, 0.4) is 0 Å². The molecular formula is C35H39F2N9O2. The topological polar surface area (TPSA) is 104 Å². The molecule has 48 heavy (non-hydrogen) atoms. The largest absolute Gasteiger partial charge is 0.354 e. The number of nitrogens with one attached hydrogen (secondary N) is 1. The molecule has 1 unspecified atom stereocenters. The van der Waals surface area contributed by atoms with Crippen LogP contribution in [-0.4, -0.2) is 97.9 Å². The molecule has 0 radical (unpaired) electrons. The quantitative estimate of drug-likeness (QED) is 0.334. The second-order valence-corrected chi connectivity index (χ2v) is 13.6. The summed E-state index contributed by atoms with van der Waals surface area (Å²) >= 11 is 0. The monoisotopic (exact) mass is 655 g/mol. The van der Waals surface area contributed by atoms with Crippen LogP contribution >= 0.6 is 0 Å². The van der Waals surface area contributed by atoms with Crippen LogP contribution in [0.1, 0.15) is 43.8 Å². The van der Waals surface area contributed by atoms with E-state index in [-0.39, 0.29) is 44.3 Å². The van der Waals surface area contributed by atoms with Gasteiger partial charge in [-0.1, -0.05) is 42.5 Å². The fourth-order valence-corrected chi connectivity index (χ4v) is 7.77. The van der Waals surface area contributed by atoms with Gasteiger partial charge in [-0.05, 0) is 42.7 Å². The molecule has 6 heterocycles. The molecule has 250 valence electrons. The number of likely N-dealkylation sites (tertiary alicyclic amines) is 1. The van der Waals surface area contributed by atoms with Crippen molar-refractivity contribution in [1.82, 2.24) is 39.7 Å². The summed E-state index contributed by atoms with van der Waals surface area (Å²) in [6.45, 7) is 2.71. The van der Waals surface area contributed by atoms with E-state index in [4.69, 9.17) is 5.10 Å². The number of carbonyl (C=O) groups excluding carboxylic acids is 2. The number of amides is 2. The Morgan fingerprint density at radius 1 is 1.00 bits per heavy atom. The molecule has 11 nitrogen and oxygen atoms in total. The van der Waals surface area contributed by atoms with E-state index in [1.54, 1.807) is 15.9 Å². The summed E-state index contributed by atoms with van der Waals surface area (Å²) in [5.41, 5.74) is 3.46. The Morgan fingerprint density at radius 2 is 1.77 bits per heavy atom. The number of fused-ring (bicyclic) bond motifs is 1. The minimum Gasteiger partial charge on any atom is -0.354 e. The summed E-state index contributed by atoms with van der Waals surface area (Å²) in [6, 6.07) is 15.9. The number of halogens is 2. The number of para-hydroxylation sites is 1. The van der Waals surface area contributed by atoms with Crippen molar-refractivity contribution in [3.05, 3.63) is 66.5 Å². The maximum absolute atomic E-state index is 14.2. The van der Waals surface area contributed by atoms with Gasteiger partial charge in [0.25, 0.3) is 5.92 Å². The minimum atomic E-state index is -2.67. The van der Waals surface area contributed by atoms with Crippen LogP contribution < -0.4 is 10.2 Å². The van der Waals surface area contributed by atoms with Gasteiger partial charge in [-0.25, -0.2) is 18.4 Å². The van der Waals surface area contributed by atoms with Gasteiger partial charge in [0.15, 0.2) is 11.6 Å². The number of benzene rings is 2. The summed E-state index contributed by atoms with van der Waals surface area (Å²) in [6.07, 6.45) is 4.81. The van der Waals surface area contributed by atoms with E-state index >= 15 is 0 Å². The van der Waals surface area contributed by atoms with Gasteiger partial charge in [0, 0.05) is 70.0 Å². The van der Waals surface area contributed by atoms with Crippen LogP contribution in [0, 0.1) is 5.41 Å². The first-order chi connectivity index (χ1) is 23.2. The maximum Gasteiger partial charge on any atom is 0.251 e. The summed E-state index contributed by atoms with van der Waals surface area (Å²) in [5, 5.41) is 13.6. The summed E-state index contributed by atoms with van der Waals surface area (Å²) in [4.78, 5) is 37.8. The molecule has 2 aromatic heterocycles. The molecule has 3 fully saturated rings. The predicted molar refractivity (Wildman–Crippen MR) is 177 cm³/mol. The SMILES string of the molecule is Cn1cnc(-c2ccc(C3=CCN(C(=O)CN4C(=O)C5(CCNC5)C[C@@H]4n4nc(N5CCC(F)(F)CC5)c5ccccc54)CC3)cc2)n1. The van der Waals surface area contributed by atoms with Crippen molar-refractivity contribution in [2.75, 3.05) is 50.7 Å². The molecule has 4 aromatic rings. The molecule has 3 saturated heterocycles. The molecule has 4 aliphatic heterocycles. The molecular weight excluding hydrogens is 616 g/mol. The fourth-order valence-electron chi connectivity index (χ4n) is 7.77. The van der Waals surface area contributed by atoms with Gasteiger partial charge in [-0.15, -0.1) is 0 Å². The zero-order valence-corrected chi connectivity index (χ0v) is 27.0. The number of carbonyl (C=O) groups is 2. The normalized spacial score (nSPS) is 24.2. The van der Waals surface area contributed by atoms with Crippen molar-refractivity contribution < 1.29 is 18.4 Å². The first-order valence-corrected chi connectivity index (χ1v) is 16.7. The van der Waals surface area contributed by atoms with Crippen molar-refractivity contribution in [3.8, 4) is 11.4 Å². The average Bonchev–Trinajstić information content (AvgIpc) is 3.89. The first kappa shape index (κ1) is 30.7. The highest BCUT2D eigenvalue weighted by Crippen LogP contribution is 2.47. The van der Waals surface area contributed by atoms with Gasteiger partial charge in [-0.2, -0.15) is 10.2 Å². The molecule has 2 atom stereocenters. The van der Waals surface area contributed by atoms with E-state index in [0.717, 1.165) is 28.6 Å². The highest BCUT2D eigenvalue weighted by atomic mass is 19.3. The Balaban J connectivity index is 1.02. The predicted octanol–water partition coefficient (Wildman–Crippen LogP) is 4.09. The molecule has 13 heteroatoms. The Bertz CT molecular complexity index is 1880. The van der Waals surface area contributed by atoms with Crippen LogP contribution in [0.25, 0.3) is 27.9 Å². The lowest BCUT2D eigenvalue weighted by molar-refractivity contribution is -0.143. The Morgan fingerprint density at radius 3 is 2.46 bits per heavy atom. The van der Waals surface area contributed by atoms with E-state index in [1.165, 1.54) is 5.57 Å². The molecule has 4 aliphatic rings. The summed E-state index contributed by atoms with van der Waals surface area (Å²) in [7, 11) is 1.84. The van der Waals surface area contributed by atoms with E-state index in [0.29, 0.717) is 50.5 Å². The van der Waals surface area contributed by atoms with Crippen molar-refractivity contribution in [2.45, 2.75) is 44.2 Å². The zero-order valence-electron chi connectivity index (χ0n) is 27.0. The molecule has 8 rings (SSSR count). The van der Waals surface area contributed by atoms with Gasteiger partial charge < -0.3 is 20.0 Å². The number of aromatic nitrogens is 5. The second-order valence-electron chi connectivity index (χ2n) is 13.6. The zero-order chi connectivity index (χ0) is 33.0. The van der Waals surface area contributed by atoms with E-state index in [1.807, 2.05) is 57.9 Å². The van der Waals surface area contributed by atoms with Crippen molar-refractivity contribution >= 4 is 34.1 Å². The van der Waals surface area contributed by atoms with Gasteiger partial charge in [0.1, 0.15) is 19.0 Å². The Labute approximate surface area is 277 Å². The number of nitrogens with zero attached hydrogens (tertiary/aromatic N) is 8. The Hall–Kier alpha value is -4.65. The third-order valence-corrected chi connectivity index (χ3v) is 10.5. The van der Waals surface area contributed by atoms with E-state index in [9.17, 15) is 18.4 Å². The van der Waals surface area contributed by atoms with Crippen molar-refractivity contribution in [1.29, 1.82) is 0 Å². The average molecular weight is 656 g/mol. The van der Waals surface area contributed by atoms with Gasteiger partial charge in [-0.3, -0.25) is 14.3 Å². The number of piperidine rings is 1. The fraction of sp³-hybridized carbons (Fsp3) is 0.457. The molecule has 1 spiro atoms. The number of rotatable bonds is 6. The number of aryl methyl sites for hydroxylation is 1. The first-order valence-electron chi connectivity index (χ1n) is 16.7. The molecule has 0 bridgehead atoms. The maximum atomic E-state index is 14.2. The molecule has 2 amide bonds. The molecule has 1 N–H and O–H groups in total. The van der Waals surface area contributed by atoms with Gasteiger partial charge in [0.2, 0.25) is 11.8 Å². The highest BCUT2D eigenvalue weighted by molar-refractivity contribution is 5.93. The smallest absolute Gasteiger partial charge is 0.251 e. The standard InChI is InChI=1S/C35H39F2N9O2/c1-42-23-39-31(40-42)26-8-6-24(7-9-26)25-10-16-43(17-11-25)30(47)21-45-29(20-34(33(45)48)12-15-38-22-34)46-28-5-3-2-4-27(28)32(41-46)44-18-13-35(36,37)14-19-44/h2-10,23,29,38H,11-22H2,1H3/t29-,34?/m0/s1. The van der Waals surface area contributed by atoms with Crippen molar-refractivity contribution in [2.24, 2.45) is 12.5 Å². The third kappa shape index (κ3) is 5.43. The lowest BCUT2D eigenvalue weighted by atomic mass is 9.85. The lowest BCUT2D eigenvalue weighted by Gasteiger charge is -2.32. The highest BCUT2D eigenvalue weighted by Gasteiger charge is 2.54. The Kier molecular flexibility index (Phi) is 7.54. The number of alkyl halides is 2. The van der Waals surface area contributed by atoms with Crippen LogP contribution in [0.15, 0.2) is 60.9 Å². The minimum absolute atomic E-state index is 0.0275. The lowest BCUT2D eigenvalue weighted by Crippen LogP contribution is -2.46. The van der Waals surface area contributed by atoms with Crippen LogP contribution in [0.2, 0.25) is 0 Å². The van der Waals surface area contributed by atoms with E-state index in [2.05, 4.69) is 33.6 Å². The summed E-state index contributed by atoms with van der Waals surface area (Å²) in [5.74, 6) is -1.46. The van der Waals surface area contributed by atoms with E-state index < -0.39 is 17.5 Å². The van der Waals surface area contributed by atoms with Gasteiger partial charge in [0.05, 0.1) is 10.9 Å². The number of hydrogen-bond donors (Lipinski definition) is 1. The molecule has 0 aliphatic carbocycles. The van der Waals surface area contributed by atoms with Crippen molar-refractivity contribution in [3.63, 3.8) is 0 Å². The third-order valence-electron chi connectivity index (χ3n) is 10.5. The van der Waals surface area contributed by atoms with Gasteiger partial charge >= 0.3 is 0 Å². The molecule has 0 saturated carbocycles. The number of hydrogen-bond acceptors (Lipinski definition) is 7. The van der Waals surface area contributed by atoms with Crippen LogP contribution in [0.4, 0.5) is 14.6 Å². The van der Waals surface area contributed by atoms with Crippen LogP contribution in [-0.2, 0) is 16.6 Å².